The zero-order valence-electron chi connectivity index (χ0n) is 12.9. The van der Waals surface area contributed by atoms with Crippen LogP contribution in [0.5, 0.6) is 0 Å². The maximum absolute atomic E-state index is 12.2. The minimum absolute atomic E-state index is 0.286. The molecule has 3 nitrogen and oxygen atoms in total. The van der Waals surface area contributed by atoms with E-state index in [1.807, 2.05) is 4.90 Å². The van der Waals surface area contributed by atoms with E-state index in [4.69, 9.17) is 0 Å². The Kier molecular flexibility index (Phi) is 7.10. The van der Waals surface area contributed by atoms with Crippen molar-refractivity contribution in [3.8, 4) is 0 Å². The van der Waals surface area contributed by atoms with E-state index in [9.17, 15) is 4.79 Å². The van der Waals surface area contributed by atoms with Gasteiger partial charge in [0.2, 0.25) is 5.91 Å². The molecular formula is C17H26N2OS. The zero-order chi connectivity index (χ0) is 14.9. The maximum atomic E-state index is 12.2. The van der Waals surface area contributed by atoms with Crippen molar-refractivity contribution >= 4 is 17.7 Å². The van der Waals surface area contributed by atoms with Gasteiger partial charge in [-0.05, 0) is 49.9 Å². The minimum atomic E-state index is 0.286. The van der Waals surface area contributed by atoms with Crippen LogP contribution in [0.15, 0.2) is 29.2 Å². The lowest BCUT2D eigenvalue weighted by Gasteiger charge is -2.26. The Hall–Kier alpha value is -1.00. The van der Waals surface area contributed by atoms with Gasteiger partial charge in [0.15, 0.2) is 0 Å². The summed E-state index contributed by atoms with van der Waals surface area (Å²) in [7, 11) is 0. The third-order valence-corrected chi connectivity index (χ3v) is 4.70. The van der Waals surface area contributed by atoms with Crippen LogP contribution in [0.25, 0.3) is 0 Å². The molecule has 1 N–H and O–H groups in total. The highest BCUT2D eigenvalue weighted by molar-refractivity contribution is 8.00. The third-order valence-electron chi connectivity index (χ3n) is 3.73. The van der Waals surface area contributed by atoms with Gasteiger partial charge in [0.05, 0.1) is 5.75 Å². The van der Waals surface area contributed by atoms with Gasteiger partial charge in [-0.1, -0.05) is 19.1 Å². The van der Waals surface area contributed by atoms with Crippen LogP contribution < -0.4 is 5.32 Å². The number of carbonyl (C=O) groups excluding carboxylic acids is 1. The third kappa shape index (κ3) is 5.71. The molecule has 0 unspecified atom stereocenters. The molecule has 1 aliphatic heterocycles. The molecule has 116 valence electrons. The molecule has 0 saturated carbocycles. The van der Waals surface area contributed by atoms with Crippen molar-refractivity contribution in [2.24, 2.45) is 0 Å². The summed E-state index contributed by atoms with van der Waals surface area (Å²) in [6.07, 6.45) is 4.74. The molecule has 0 bridgehead atoms. The number of amides is 1. The first-order chi connectivity index (χ1) is 10.3. The molecule has 4 heteroatoms. The number of benzene rings is 1. The summed E-state index contributed by atoms with van der Waals surface area (Å²) < 4.78 is 0. The average molecular weight is 306 g/mol. The van der Waals surface area contributed by atoms with Crippen molar-refractivity contribution < 1.29 is 4.79 Å². The number of rotatable bonds is 7. The Morgan fingerprint density at radius 3 is 2.86 bits per heavy atom. The molecule has 1 heterocycles. The lowest BCUT2D eigenvalue weighted by molar-refractivity contribution is -0.129. The average Bonchev–Trinajstić information content (AvgIpc) is 2.54. The molecule has 0 aromatic heterocycles. The van der Waals surface area contributed by atoms with E-state index in [1.54, 1.807) is 11.8 Å². The van der Waals surface area contributed by atoms with Crippen LogP contribution in [0.3, 0.4) is 0 Å². The Morgan fingerprint density at radius 1 is 1.29 bits per heavy atom. The van der Waals surface area contributed by atoms with Crippen molar-refractivity contribution in [3.05, 3.63) is 29.8 Å². The maximum Gasteiger partial charge on any atom is 0.232 e. The molecular weight excluding hydrogens is 280 g/mol. The molecule has 1 aromatic carbocycles. The molecule has 1 saturated heterocycles. The second-order valence-electron chi connectivity index (χ2n) is 5.55. The summed E-state index contributed by atoms with van der Waals surface area (Å²) in [5.41, 5.74) is 1.29. The molecule has 1 amide bonds. The van der Waals surface area contributed by atoms with E-state index in [0.29, 0.717) is 5.75 Å². The van der Waals surface area contributed by atoms with E-state index in [0.717, 1.165) is 45.4 Å². The highest BCUT2D eigenvalue weighted by Crippen LogP contribution is 2.20. The standard InChI is InChI=1S/C17H26N2OS/c1-2-9-18-13-15-7-6-8-16(12-15)21-14-17(20)19-10-4-3-5-11-19/h6-8,12,18H,2-5,9-11,13-14H2,1H3. The van der Waals surface area contributed by atoms with Crippen molar-refractivity contribution in [3.63, 3.8) is 0 Å². The van der Waals surface area contributed by atoms with Crippen LogP contribution in [0.2, 0.25) is 0 Å². The zero-order valence-corrected chi connectivity index (χ0v) is 13.8. The Bertz CT molecular complexity index is 444. The summed E-state index contributed by atoms with van der Waals surface area (Å²) in [6, 6.07) is 8.50. The lowest BCUT2D eigenvalue weighted by Crippen LogP contribution is -2.36. The van der Waals surface area contributed by atoms with Gasteiger partial charge in [0.25, 0.3) is 0 Å². The van der Waals surface area contributed by atoms with E-state index in [-0.39, 0.29) is 5.91 Å². The fourth-order valence-electron chi connectivity index (χ4n) is 2.53. The second-order valence-corrected chi connectivity index (χ2v) is 6.60. The van der Waals surface area contributed by atoms with Crippen LogP contribution in [-0.2, 0) is 11.3 Å². The summed E-state index contributed by atoms with van der Waals surface area (Å²) in [5.74, 6) is 0.848. The summed E-state index contributed by atoms with van der Waals surface area (Å²) in [4.78, 5) is 15.4. The van der Waals surface area contributed by atoms with Crippen molar-refractivity contribution in [2.45, 2.75) is 44.0 Å². The molecule has 0 aliphatic carbocycles. The number of piperidine rings is 1. The smallest absolute Gasteiger partial charge is 0.232 e. The number of thioether (sulfide) groups is 1. The van der Waals surface area contributed by atoms with Crippen molar-refractivity contribution in [1.29, 1.82) is 0 Å². The molecule has 2 rings (SSSR count). The van der Waals surface area contributed by atoms with E-state index in [2.05, 4.69) is 36.5 Å². The summed E-state index contributed by atoms with van der Waals surface area (Å²) in [5, 5.41) is 3.41. The van der Waals surface area contributed by atoms with E-state index >= 15 is 0 Å². The number of carbonyl (C=O) groups is 1. The molecule has 0 atom stereocenters. The van der Waals surface area contributed by atoms with Crippen LogP contribution in [0.1, 0.15) is 38.2 Å². The number of nitrogens with one attached hydrogen (secondary N) is 1. The fourth-order valence-corrected chi connectivity index (χ4v) is 3.42. The normalized spacial score (nSPS) is 15.2. The van der Waals surface area contributed by atoms with Crippen molar-refractivity contribution in [1.82, 2.24) is 10.2 Å². The number of nitrogens with zero attached hydrogens (tertiary/aromatic N) is 1. The van der Waals surface area contributed by atoms with Gasteiger partial charge < -0.3 is 10.2 Å². The number of likely N-dealkylation sites (tertiary alicyclic amines) is 1. The van der Waals surface area contributed by atoms with E-state index < -0.39 is 0 Å². The monoisotopic (exact) mass is 306 g/mol. The van der Waals surface area contributed by atoms with Crippen LogP contribution in [-0.4, -0.2) is 36.2 Å². The first-order valence-electron chi connectivity index (χ1n) is 8.00. The molecule has 21 heavy (non-hydrogen) atoms. The van der Waals surface area contributed by atoms with Crippen LogP contribution >= 0.6 is 11.8 Å². The van der Waals surface area contributed by atoms with Gasteiger partial charge in [-0.25, -0.2) is 0 Å². The fraction of sp³-hybridized carbons (Fsp3) is 0.588. The van der Waals surface area contributed by atoms with Gasteiger partial charge >= 0.3 is 0 Å². The van der Waals surface area contributed by atoms with Gasteiger partial charge in [-0.3, -0.25) is 4.79 Å². The SMILES string of the molecule is CCCNCc1cccc(SCC(=O)N2CCCCC2)c1. The van der Waals surface area contributed by atoms with Crippen molar-refractivity contribution in [2.75, 3.05) is 25.4 Å². The molecule has 1 fully saturated rings. The van der Waals surface area contributed by atoms with E-state index in [1.165, 1.54) is 16.9 Å². The Balaban J connectivity index is 1.79. The summed E-state index contributed by atoms with van der Waals surface area (Å²) >= 11 is 1.66. The van der Waals surface area contributed by atoms with Gasteiger partial charge in [-0.15, -0.1) is 11.8 Å². The van der Waals surface area contributed by atoms with Crippen LogP contribution in [0.4, 0.5) is 0 Å². The predicted octanol–water partition coefficient (Wildman–Crippen LogP) is 3.29. The minimum Gasteiger partial charge on any atom is -0.342 e. The first-order valence-corrected chi connectivity index (χ1v) is 8.98. The van der Waals surface area contributed by atoms with Crippen LogP contribution in [0, 0.1) is 0 Å². The number of hydrogen-bond donors (Lipinski definition) is 1. The first kappa shape index (κ1) is 16.4. The molecule has 0 radical (unpaired) electrons. The molecule has 1 aromatic rings. The summed E-state index contributed by atoms with van der Waals surface area (Å²) in [6.45, 7) is 6.01. The highest BCUT2D eigenvalue weighted by Gasteiger charge is 2.16. The van der Waals surface area contributed by atoms with Gasteiger partial charge in [0, 0.05) is 24.5 Å². The molecule has 0 spiro atoms. The largest absolute Gasteiger partial charge is 0.342 e. The topological polar surface area (TPSA) is 32.3 Å². The highest BCUT2D eigenvalue weighted by atomic mass is 32.2. The number of hydrogen-bond acceptors (Lipinski definition) is 3. The van der Waals surface area contributed by atoms with Gasteiger partial charge in [0.1, 0.15) is 0 Å². The quantitative estimate of drug-likeness (QED) is 0.620. The Labute approximate surface area is 132 Å². The lowest BCUT2D eigenvalue weighted by atomic mass is 10.1. The second kappa shape index (κ2) is 9.11. The molecule has 1 aliphatic rings. The van der Waals surface area contributed by atoms with Gasteiger partial charge in [-0.2, -0.15) is 0 Å². The predicted molar refractivity (Wildman–Crippen MR) is 89.6 cm³/mol. The Morgan fingerprint density at radius 2 is 2.10 bits per heavy atom.